The molecule has 0 spiro atoms. The van der Waals surface area contributed by atoms with Crippen molar-refractivity contribution in [2.24, 2.45) is 0 Å². The first-order chi connectivity index (χ1) is 14.1. The lowest BCUT2D eigenvalue weighted by molar-refractivity contribution is 0.294. The number of aromatic hydroxyl groups is 1. The predicted octanol–water partition coefficient (Wildman–Crippen LogP) is 3.53. The normalized spacial score (nSPS) is 11.4. The van der Waals surface area contributed by atoms with Crippen LogP contribution in [0.1, 0.15) is 19.4 Å². The van der Waals surface area contributed by atoms with Crippen molar-refractivity contribution >= 4 is 28.1 Å². The van der Waals surface area contributed by atoms with Gasteiger partial charge in [0.15, 0.2) is 11.4 Å². The minimum atomic E-state index is -0.192. The summed E-state index contributed by atoms with van der Waals surface area (Å²) in [6.45, 7) is 6.23. The van der Waals surface area contributed by atoms with Crippen molar-refractivity contribution in [2.75, 3.05) is 18.4 Å². The van der Waals surface area contributed by atoms with Gasteiger partial charge in [0.05, 0.1) is 11.1 Å². The second-order valence-electron chi connectivity index (χ2n) is 6.83. The lowest BCUT2D eigenvalue weighted by Crippen LogP contribution is -2.29. The maximum atomic E-state index is 13.2. The second-order valence-corrected chi connectivity index (χ2v) is 6.83. The number of hydrogen-bond acceptors (Lipinski definition) is 6. The van der Waals surface area contributed by atoms with Crippen molar-refractivity contribution in [1.29, 1.82) is 0 Å². The summed E-state index contributed by atoms with van der Waals surface area (Å²) in [4.78, 5) is 24.3. The van der Waals surface area contributed by atoms with Crippen LogP contribution in [0.4, 0.5) is 11.5 Å². The Kier molecular flexibility index (Phi) is 5.14. The van der Waals surface area contributed by atoms with Crippen LogP contribution >= 0.6 is 0 Å². The minimum absolute atomic E-state index is 0.0373. The number of pyridine rings is 2. The molecule has 0 saturated carbocycles. The molecule has 0 aliphatic rings. The van der Waals surface area contributed by atoms with E-state index < -0.39 is 0 Å². The fourth-order valence-corrected chi connectivity index (χ4v) is 3.39. The average Bonchev–Trinajstić information content (AvgIpc) is 2.74. The molecule has 0 radical (unpaired) electrons. The van der Waals surface area contributed by atoms with Crippen molar-refractivity contribution < 1.29 is 5.11 Å². The highest BCUT2D eigenvalue weighted by Crippen LogP contribution is 2.24. The zero-order valence-corrected chi connectivity index (χ0v) is 16.5. The van der Waals surface area contributed by atoms with Crippen LogP contribution in [0, 0.1) is 0 Å². The molecule has 0 fully saturated rings. The minimum Gasteiger partial charge on any atom is -0.504 e. The molecule has 1 aromatic carbocycles. The van der Waals surface area contributed by atoms with Gasteiger partial charge in [0, 0.05) is 30.0 Å². The molecule has 0 bridgehead atoms. The van der Waals surface area contributed by atoms with Crippen molar-refractivity contribution in [3.63, 3.8) is 0 Å². The number of benzene rings is 1. The van der Waals surface area contributed by atoms with E-state index in [1.165, 1.54) is 10.5 Å². The van der Waals surface area contributed by atoms with Gasteiger partial charge in [-0.05, 0) is 49.5 Å². The zero-order chi connectivity index (χ0) is 20.4. The first kappa shape index (κ1) is 18.9. The van der Waals surface area contributed by atoms with Gasteiger partial charge in [-0.1, -0.05) is 19.9 Å². The smallest absolute Gasteiger partial charge is 0.264 e. The van der Waals surface area contributed by atoms with Gasteiger partial charge < -0.3 is 10.4 Å². The summed E-state index contributed by atoms with van der Waals surface area (Å²) in [5, 5.41) is 14.5. The van der Waals surface area contributed by atoms with Gasteiger partial charge in [0.2, 0.25) is 0 Å². The third-order valence-corrected chi connectivity index (χ3v) is 5.07. The molecular weight excluding hydrogens is 366 g/mol. The Morgan fingerprint density at radius 2 is 1.97 bits per heavy atom. The van der Waals surface area contributed by atoms with E-state index in [9.17, 15) is 9.90 Å². The second kappa shape index (κ2) is 7.89. The lowest BCUT2D eigenvalue weighted by atomic mass is 10.2. The molecule has 0 aliphatic carbocycles. The molecule has 3 heterocycles. The summed E-state index contributed by atoms with van der Waals surface area (Å²) in [6.07, 6.45) is 3.38. The summed E-state index contributed by atoms with van der Waals surface area (Å²) in [6, 6.07) is 12.8. The highest BCUT2D eigenvalue weighted by atomic mass is 16.3. The molecule has 3 aromatic heterocycles. The van der Waals surface area contributed by atoms with E-state index >= 15 is 0 Å². The van der Waals surface area contributed by atoms with Crippen LogP contribution in [-0.4, -0.2) is 37.5 Å². The monoisotopic (exact) mass is 389 g/mol. The van der Waals surface area contributed by atoms with Crippen LogP contribution in [0.5, 0.6) is 5.75 Å². The van der Waals surface area contributed by atoms with Crippen molar-refractivity contribution in [1.82, 2.24) is 19.3 Å². The molecule has 0 atom stereocenters. The third kappa shape index (κ3) is 3.64. The van der Waals surface area contributed by atoms with E-state index in [0.29, 0.717) is 17.9 Å². The molecule has 0 amide bonds. The van der Waals surface area contributed by atoms with Crippen LogP contribution in [0.3, 0.4) is 0 Å². The van der Waals surface area contributed by atoms with Crippen LogP contribution in [0.2, 0.25) is 0 Å². The fraction of sp³-hybridized carbons (Fsp3) is 0.227. The summed E-state index contributed by atoms with van der Waals surface area (Å²) >= 11 is 0. The van der Waals surface area contributed by atoms with E-state index in [4.69, 9.17) is 0 Å². The summed E-state index contributed by atoms with van der Waals surface area (Å²) in [7, 11) is 0. The van der Waals surface area contributed by atoms with Gasteiger partial charge in [-0.2, -0.15) is 0 Å². The fourth-order valence-electron chi connectivity index (χ4n) is 3.39. The predicted molar refractivity (Wildman–Crippen MR) is 115 cm³/mol. The van der Waals surface area contributed by atoms with E-state index in [0.717, 1.165) is 29.7 Å². The van der Waals surface area contributed by atoms with E-state index in [1.54, 1.807) is 18.5 Å². The molecule has 0 aliphatic heterocycles. The number of fused-ring (bicyclic) bond motifs is 2. The molecule has 7 nitrogen and oxygen atoms in total. The number of nitrogens with zero attached hydrogens (tertiary/aromatic N) is 4. The molecule has 2 N–H and O–H groups in total. The molecule has 29 heavy (non-hydrogen) atoms. The molecule has 7 heteroatoms. The Morgan fingerprint density at radius 1 is 1.14 bits per heavy atom. The van der Waals surface area contributed by atoms with Gasteiger partial charge in [0.1, 0.15) is 5.82 Å². The highest BCUT2D eigenvalue weighted by molar-refractivity contribution is 5.83. The van der Waals surface area contributed by atoms with Gasteiger partial charge in [-0.15, -0.1) is 0 Å². The summed E-state index contributed by atoms with van der Waals surface area (Å²) in [5.74, 6) is 0.413. The van der Waals surface area contributed by atoms with Crippen molar-refractivity contribution in [3.05, 3.63) is 70.8 Å². The van der Waals surface area contributed by atoms with Crippen molar-refractivity contribution in [2.45, 2.75) is 20.4 Å². The van der Waals surface area contributed by atoms with Gasteiger partial charge in [-0.3, -0.25) is 19.1 Å². The van der Waals surface area contributed by atoms with Crippen molar-refractivity contribution in [3.8, 4) is 5.75 Å². The van der Waals surface area contributed by atoms with Crippen LogP contribution < -0.4 is 10.9 Å². The molecule has 4 aromatic rings. The highest BCUT2D eigenvalue weighted by Gasteiger charge is 2.17. The standard InChI is InChI=1S/C22H23N5O2/c1-3-26(4-2)14-17-20(25-21-19(28)8-6-12-27(21)22(17)29)24-16-9-10-18-15(13-16)7-5-11-23-18/h5-13,24,28H,3-4,14H2,1-2H3. The van der Waals surface area contributed by atoms with E-state index in [-0.39, 0.29) is 17.0 Å². The topological polar surface area (TPSA) is 82.8 Å². The maximum absolute atomic E-state index is 13.2. The molecule has 4 rings (SSSR count). The number of anilines is 2. The third-order valence-electron chi connectivity index (χ3n) is 5.07. The van der Waals surface area contributed by atoms with Gasteiger partial charge in [-0.25, -0.2) is 4.98 Å². The maximum Gasteiger partial charge on any atom is 0.264 e. The Balaban J connectivity index is 1.85. The Morgan fingerprint density at radius 3 is 2.76 bits per heavy atom. The number of nitrogens with one attached hydrogen (secondary N) is 1. The summed E-state index contributed by atoms with van der Waals surface area (Å²) in [5.41, 5.74) is 2.29. The number of hydrogen-bond donors (Lipinski definition) is 2. The van der Waals surface area contributed by atoms with E-state index in [1.807, 2.05) is 30.3 Å². The van der Waals surface area contributed by atoms with Crippen LogP contribution in [0.15, 0.2) is 59.7 Å². The molecule has 148 valence electrons. The van der Waals surface area contributed by atoms with Gasteiger partial charge >= 0.3 is 0 Å². The van der Waals surface area contributed by atoms with E-state index in [2.05, 4.69) is 34.0 Å². The Labute approximate surface area is 168 Å². The molecular formula is C22H23N5O2. The first-order valence-corrected chi connectivity index (χ1v) is 9.68. The van der Waals surface area contributed by atoms with Gasteiger partial charge in [0.25, 0.3) is 5.56 Å². The molecule has 0 unspecified atom stereocenters. The lowest BCUT2D eigenvalue weighted by Gasteiger charge is -2.20. The zero-order valence-electron chi connectivity index (χ0n) is 16.5. The molecule has 0 saturated heterocycles. The summed E-state index contributed by atoms with van der Waals surface area (Å²) < 4.78 is 1.39. The largest absolute Gasteiger partial charge is 0.504 e. The Hall–Kier alpha value is -3.45. The quantitative estimate of drug-likeness (QED) is 0.525. The first-order valence-electron chi connectivity index (χ1n) is 9.68. The SMILES string of the molecule is CCN(CC)Cc1c(Nc2ccc3ncccc3c2)nc2c(O)cccn2c1=O. The Bertz CT molecular complexity index is 1230. The number of aromatic nitrogens is 3. The van der Waals surface area contributed by atoms with Crippen LogP contribution in [0.25, 0.3) is 16.6 Å². The van der Waals surface area contributed by atoms with Crippen LogP contribution in [-0.2, 0) is 6.54 Å². The number of rotatable bonds is 6. The average molecular weight is 389 g/mol.